The lowest BCUT2D eigenvalue weighted by molar-refractivity contribution is 0.0690. The average Bonchev–Trinajstić information content (AvgIpc) is 2.60. The molecule has 6 heteroatoms. The highest BCUT2D eigenvalue weighted by Crippen LogP contribution is 2.19. The summed E-state index contributed by atoms with van der Waals surface area (Å²) in [5.41, 5.74) is 0.502. The maximum Gasteiger partial charge on any atom is 0.354 e. The van der Waals surface area contributed by atoms with Gasteiger partial charge in [-0.1, -0.05) is 20.8 Å². The highest BCUT2D eigenvalue weighted by atomic mass is 16.4. The lowest BCUT2D eigenvalue weighted by atomic mass is 9.96. The highest BCUT2D eigenvalue weighted by Gasteiger charge is 2.21. The number of carbonyl (C=O) groups is 1. The Morgan fingerprint density at radius 2 is 2.00 bits per heavy atom. The number of aryl methyl sites for hydroxylation is 1. The molecule has 1 N–H and O–H groups in total. The Morgan fingerprint density at radius 1 is 1.35 bits per heavy atom. The lowest BCUT2D eigenvalue weighted by Gasteiger charge is -2.11. The number of fused-ring (bicyclic) bond motifs is 1. The van der Waals surface area contributed by atoms with Crippen LogP contribution in [-0.2, 0) is 5.41 Å². The molecule has 0 aromatic carbocycles. The summed E-state index contributed by atoms with van der Waals surface area (Å²) in [4.78, 5) is 19.1. The lowest BCUT2D eigenvalue weighted by Crippen LogP contribution is -2.13. The van der Waals surface area contributed by atoms with Crippen molar-refractivity contribution in [1.82, 2.24) is 19.6 Å². The Morgan fingerprint density at radius 3 is 2.53 bits per heavy atom. The summed E-state index contributed by atoms with van der Waals surface area (Å²) in [5, 5.41) is 13.2. The maximum atomic E-state index is 10.9. The van der Waals surface area contributed by atoms with E-state index in [0.29, 0.717) is 17.3 Å². The second-order valence-corrected chi connectivity index (χ2v) is 4.99. The molecule has 17 heavy (non-hydrogen) atoms. The molecule has 0 bridgehead atoms. The summed E-state index contributed by atoms with van der Waals surface area (Å²) in [6, 6.07) is 1.48. The zero-order valence-corrected chi connectivity index (χ0v) is 10.2. The van der Waals surface area contributed by atoms with Crippen LogP contribution in [0, 0.1) is 6.92 Å². The zero-order chi connectivity index (χ0) is 12.8. The third-order valence-corrected chi connectivity index (χ3v) is 2.38. The predicted octanol–water partition coefficient (Wildman–Crippen LogP) is 1.43. The van der Waals surface area contributed by atoms with Crippen LogP contribution in [0.2, 0.25) is 0 Å². The van der Waals surface area contributed by atoms with Crippen molar-refractivity contribution in [1.29, 1.82) is 0 Å². The van der Waals surface area contributed by atoms with Gasteiger partial charge in [0.15, 0.2) is 11.5 Å². The number of nitrogens with zero attached hydrogens (tertiary/aromatic N) is 4. The largest absolute Gasteiger partial charge is 0.477 e. The van der Waals surface area contributed by atoms with Gasteiger partial charge in [-0.05, 0) is 13.0 Å². The number of hydrogen-bond donors (Lipinski definition) is 1. The minimum Gasteiger partial charge on any atom is -0.477 e. The fraction of sp³-hybridized carbons (Fsp3) is 0.455. The molecular formula is C11H14N4O2. The minimum atomic E-state index is -1.06. The van der Waals surface area contributed by atoms with E-state index in [2.05, 4.69) is 15.1 Å². The fourth-order valence-corrected chi connectivity index (χ4v) is 1.44. The Labute approximate surface area is 98.3 Å². The molecule has 2 heterocycles. The van der Waals surface area contributed by atoms with Crippen LogP contribution in [0.1, 0.15) is 42.8 Å². The van der Waals surface area contributed by atoms with Crippen LogP contribution in [-0.4, -0.2) is 30.7 Å². The molecule has 90 valence electrons. The standard InChI is InChI=1S/C11H14N4O2/c1-6-5-7(8(16)17)12-10-13-9(11(2,3)4)14-15(6)10/h5H,1-4H3,(H,16,17). The molecule has 0 amide bonds. The van der Waals surface area contributed by atoms with Crippen molar-refractivity contribution in [2.75, 3.05) is 0 Å². The van der Waals surface area contributed by atoms with Crippen LogP contribution in [0.25, 0.3) is 5.78 Å². The molecule has 0 atom stereocenters. The van der Waals surface area contributed by atoms with Crippen molar-refractivity contribution in [2.45, 2.75) is 33.1 Å². The highest BCUT2D eigenvalue weighted by molar-refractivity contribution is 5.85. The summed E-state index contributed by atoms with van der Waals surface area (Å²) in [7, 11) is 0. The summed E-state index contributed by atoms with van der Waals surface area (Å²) in [6.07, 6.45) is 0. The summed E-state index contributed by atoms with van der Waals surface area (Å²) < 4.78 is 1.56. The average molecular weight is 234 g/mol. The predicted molar refractivity (Wildman–Crippen MR) is 61.2 cm³/mol. The van der Waals surface area contributed by atoms with Crippen molar-refractivity contribution in [3.8, 4) is 0 Å². The normalized spacial score (nSPS) is 12.0. The molecule has 0 spiro atoms. The van der Waals surface area contributed by atoms with Crippen LogP contribution >= 0.6 is 0 Å². The van der Waals surface area contributed by atoms with Gasteiger partial charge in [-0.2, -0.15) is 4.98 Å². The van der Waals surface area contributed by atoms with Crippen LogP contribution < -0.4 is 0 Å². The van der Waals surface area contributed by atoms with Gasteiger partial charge in [0.25, 0.3) is 5.78 Å². The molecule has 2 rings (SSSR count). The number of rotatable bonds is 1. The first kappa shape index (κ1) is 11.5. The third kappa shape index (κ3) is 1.98. The van der Waals surface area contributed by atoms with Crippen LogP contribution in [0.3, 0.4) is 0 Å². The smallest absolute Gasteiger partial charge is 0.354 e. The first-order valence-electron chi connectivity index (χ1n) is 5.27. The first-order valence-corrected chi connectivity index (χ1v) is 5.27. The molecule has 0 aliphatic carbocycles. The van der Waals surface area contributed by atoms with Crippen LogP contribution in [0.4, 0.5) is 0 Å². The molecule has 2 aromatic rings. The van der Waals surface area contributed by atoms with E-state index in [-0.39, 0.29) is 11.1 Å². The van der Waals surface area contributed by atoms with E-state index in [1.54, 1.807) is 11.4 Å². The van der Waals surface area contributed by atoms with E-state index in [1.807, 2.05) is 20.8 Å². The monoisotopic (exact) mass is 234 g/mol. The number of carboxylic acid groups (broad SMARTS) is 1. The summed E-state index contributed by atoms with van der Waals surface area (Å²) in [6.45, 7) is 7.77. The van der Waals surface area contributed by atoms with E-state index in [4.69, 9.17) is 5.11 Å². The molecule has 2 aromatic heterocycles. The summed E-state index contributed by atoms with van der Waals surface area (Å²) >= 11 is 0. The van der Waals surface area contributed by atoms with Crippen LogP contribution in [0.5, 0.6) is 0 Å². The molecule has 0 aliphatic rings. The quantitative estimate of drug-likeness (QED) is 0.807. The summed E-state index contributed by atoms with van der Waals surface area (Å²) in [5.74, 6) is -0.0844. The molecule has 6 nitrogen and oxygen atoms in total. The van der Waals surface area contributed by atoms with Gasteiger partial charge in [-0.25, -0.2) is 14.3 Å². The number of hydrogen-bond acceptors (Lipinski definition) is 4. The molecule has 0 fully saturated rings. The van der Waals surface area contributed by atoms with Gasteiger partial charge in [0.1, 0.15) is 0 Å². The van der Waals surface area contributed by atoms with E-state index in [9.17, 15) is 4.79 Å². The second kappa shape index (κ2) is 3.51. The number of aromatic carboxylic acids is 1. The third-order valence-electron chi connectivity index (χ3n) is 2.38. The molecule has 0 saturated heterocycles. The van der Waals surface area contributed by atoms with Crippen molar-refractivity contribution >= 4 is 11.7 Å². The van der Waals surface area contributed by atoms with Crippen molar-refractivity contribution in [3.63, 3.8) is 0 Å². The Hall–Kier alpha value is -1.98. The zero-order valence-electron chi connectivity index (χ0n) is 10.2. The number of aromatic nitrogens is 4. The fourth-order valence-electron chi connectivity index (χ4n) is 1.44. The Kier molecular flexibility index (Phi) is 2.38. The molecule has 0 unspecified atom stereocenters. The van der Waals surface area contributed by atoms with E-state index < -0.39 is 5.97 Å². The SMILES string of the molecule is Cc1cc(C(=O)O)nc2nc(C(C)(C)C)nn12. The van der Waals surface area contributed by atoms with Crippen LogP contribution in [0.15, 0.2) is 6.07 Å². The molecule has 0 saturated carbocycles. The Bertz CT molecular complexity index is 595. The number of carboxylic acids is 1. The van der Waals surface area contributed by atoms with Gasteiger partial charge in [-0.3, -0.25) is 0 Å². The van der Waals surface area contributed by atoms with Gasteiger partial charge in [-0.15, -0.1) is 5.10 Å². The van der Waals surface area contributed by atoms with Gasteiger partial charge in [0.2, 0.25) is 0 Å². The van der Waals surface area contributed by atoms with Crippen molar-refractivity contribution in [3.05, 3.63) is 23.3 Å². The van der Waals surface area contributed by atoms with Crippen molar-refractivity contribution < 1.29 is 9.90 Å². The van der Waals surface area contributed by atoms with Crippen molar-refractivity contribution in [2.24, 2.45) is 0 Å². The van der Waals surface area contributed by atoms with E-state index >= 15 is 0 Å². The Balaban J connectivity index is 2.69. The topological polar surface area (TPSA) is 80.4 Å². The van der Waals surface area contributed by atoms with E-state index in [0.717, 1.165) is 0 Å². The maximum absolute atomic E-state index is 10.9. The van der Waals surface area contributed by atoms with Gasteiger partial charge in [0, 0.05) is 11.1 Å². The van der Waals surface area contributed by atoms with Gasteiger partial charge < -0.3 is 5.11 Å². The molecule has 0 aliphatic heterocycles. The second-order valence-electron chi connectivity index (χ2n) is 4.99. The molecular weight excluding hydrogens is 220 g/mol. The minimum absolute atomic E-state index is 0.0112. The molecule has 0 radical (unpaired) electrons. The first-order chi connectivity index (χ1) is 7.79. The van der Waals surface area contributed by atoms with E-state index in [1.165, 1.54) is 6.07 Å². The van der Waals surface area contributed by atoms with Gasteiger partial charge in [0.05, 0.1) is 0 Å². The van der Waals surface area contributed by atoms with Gasteiger partial charge >= 0.3 is 5.97 Å².